The molecule has 0 saturated carbocycles. The summed E-state index contributed by atoms with van der Waals surface area (Å²) in [5.74, 6) is 0. The fraction of sp³-hybridized carbons (Fsp3) is 0.583. The Morgan fingerprint density at radius 3 is 2.87 bits per heavy atom. The van der Waals surface area contributed by atoms with Crippen molar-refractivity contribution in [2.45, 2.75) is 27.2 Å². The van der Waals surface area contributed by atoms with Crippen molar-refractivity contribution in [2.75, 3.05) is 13.1 Å². The van der Waals surface area contributed by atoms with Crippen LogP contribution in [0, 0.1) is 12.3 Å². The monoisotopic (exact) mass is 224 g/mol. The van der Waals surface area contributed by atoms with E-state index in [1.165, 1.54) is 4.88 Å². The Bertz CT molecular complexity index is 319. The second-order valence-corrected chi connectivity index (χ2v) is 5.48. The van der Waals surface area contributed by atoms with Gasteiger partial charge in [-0.25, -0.2) is 4.98 Å². The van der Waals surface area contributed by atoms with E-state index in [0.717, 1.165) is 24.5 Å². The Morgan fingerprint density at radius 1 is 1.67 bits per heavy atom. The first kappa shape index (κ1) is 12.4. The molecule has 0 aliphatic carbocycles. The topological polar surface area (TPSA) is 24.9 Å². The molecule has 1 atom stereocenters. The summed E-state index contributed by atoms with van der Waals surface area (Å²) in [6.07, 6.45) is 5.05. The van der Waals surface area contributed by atoms with Gasteiger partial charge in [0.25, 0.3) is 0 Å². The fourth-order valence-corrected chi connectivity index (χ4v) is 2.49. The van der Waals surface area contributed by atoms with E-state index in [9.17, 15) is 0 Å². The molecule has 1 rings (SSSR count). The van der Waals surface area contributed by atoms with Crippen LogP contribution in [0.1, 0.15) is 23.7 Å². The van der Waals surface area contributed by atoms with E-state index in [0.29, 0.717) is 0 Å². The molecule has 0 bridgehead atoms. The number of hydrogen-bond acceptors (Lipinski definition) is 3. The minimum Gasteiger partial charge on any atom is -0.316 e. The van der Waals surface area contributed by atoms with Crippen molar-refractivity contribution in [3.8, 4) is 0 Å². The van der Waals surface area contributed by atoms with Gasteiger partial charge in [0.1, 0.15) is 0 Å². The summed E-state index contributed by atoms with van der Waals surface area (Å²) in [5.41, 5.74) is 0.134. The van der Waals surface area contributed by atoms with E-state index in [1.807, 2.05) is 19.2 Å². The number of nitrogens with one attached hydrogen (secondary N) is 1. The van der Waals surface area contributed by atoms with Gasteiger partial charge in [0.15, 0.2) is 0 Å². The number of aromatic nitrogens is 1. The fourth-order valence-electron chi connectivity index (χ4n) is 1.50. The highest BCUT2D eigenvalue weighted by atomic mass is 32.1. The summed E-state index contributed by atoms with van der Waals surface area (Å²) < 4.78 is 0. The maximum atomic E-state index is 4.28. The Morgan fingerprint density at radius 2 is 2.40 bits per heavy atom. The van der Waals surface area contributed by atoms with Crippen molar-refractivity contribution in [2.24, 2.45) is 5.41 Å². The zero-order valence-electron chi connectivity index (χ0n) is 9.84. The predicted molar refractivity (Wildman–Crippen MR) is 67.4 cm³/mol. The lowest BCUT2D eigenvalue weighted by molar-refractivity contribution is 0.398. The summed E-state index contributed by atoms with van der Waals surface area (Å²) in [5, 5.41) is 4.52. The minimum absolute atomic E-state index is 0.134. The van der Waals surface area contributed by atoms with Gasteiger partial charge in [-0.3, -0.25) is 0 Å². The molecule has 84 valence electrons. The molecule has 0 aromatic carbocycles. The zero-order chi connectivity index (χ0) is 11.3. The summed E-state index contributed by atoms with van der Waals surface area (Å²) in [6, 6.07) is 0. The van der Waals surface area contributed by atoms with Gasteiger partial charge >= 0.3 is 0 Å². The molecule has 1 aromatic heterocycles. The summed E-state index contributed by atoms with van der Waals surface area (Å²) in [6.45, 7) is 12.3. The molecule has 15 heavy (non-hydrogen) atoms. The minimum atomic E-state index is 0.134. The van der Waals surface area contributed by atoms with Gasteiger partial charge in [0.2, 0.25) is 0 Å². The van der Waals surface area contributed by atoms with Crippen LogP contribution in [-0.4, -0.2) is 18.1 Å². The average molecular weight is 224 g/mol. The second-order valence-electron chi connectivity index (χ2n) is 4.16. The van der Waals surface area contributed by atoms with Crippen molar-refractivity contribution < 1.29 is 0 Å². The van der Waals surface area contributed by atoms with Gasteiger partial charge in [0, 0.05) is 23.0 Å². The third-order valence-corrected chi connectivity index (χ3v) is 3.43. The van der Waals surface area contributed by atoms with Crippen LogP contribution in [0.4, 0.5) is 0 Å². The van der Waals surface area contributed by atoms with Gasteiger partial charge in [-0.05, 0) is 19.9 Å². The van der Waals surface area contributed by atoms with Crippen LogP contribution in [0.25, 0.3) is 0 Å². The highest BCUT2D eigenvalue weighted by Gasteiger charge is 2.21. The first-order valence-electron chi connectivity index (χ1n) is 5.35. The molecule has 1 aromatic rings. The number of nitrogens with zero attached hydrogens (tertiary/aromatic N) is 1. The van der Waals surface area contributed by atoms with Crippen molar-refractivity contribution in [1.82, 2.24) is 10.3 Å². The molecule has 0 fully saturated rings. The van der Waals surface area contributed by atoms with Crippen LogP contribution in [0.15, 0.2) is 18.9 Å². The Hall–Kier alpha value is -0.670. The van der Waals surface area contributed by atoms with Crippen molar-refractivity contribution in [1.29, 1.82) is 0 Å². The van der Waals surface area contributed by atoms with Crippen LogP contribution >= 0.6 is 11.3 Å². The van der Waals surface area contributed by atoms with E-state index >= 15 is 0 Å². The molecule has 0 radical (unpaired) electrons. The smallest absolute Gasteiger partial charge is 0.0896 e. The molecule has 0 saturated heterocycles. The molecular formula is C12H20N2S. The van der Waals surface area contributed by atoms with E-state index < -0.39 is 0 Å². The van der Waals surface area contributed by atoms with Crippen LogP contribution in [0.3, 0.4) is 0 Å². The summed E-state index contributed by atoms with van der Waals surface area (Å²) in [4.78, 5) is 5.62. The van der Waals surface area contributed by atoms with Crippen LogP contribution in [0.2, 0.25) is 0 Å². The highest BCUT2D eigenvalue weighted by Crippen LogP contribution is 2.26. The van der Waals surface area contributed by atoms with Gasteiger partial charge in [-0.1, -0.05) is 19.9 Å². The molecule has 3 heteroatoms. The highest BCUT2D eigenvalue weighted by molar-refractivity contribution is 7.11. The SMILES string of the molecule is C=CC(C)(CNCC)Cc1cnc(C)s1. The quantitative estimate of drug-likeness (QED) is 0.752. The number of rotatable bonds is 6. The molecule has 1 unspecified atom stereocenters. The van der Waals surface area contributed by atoms with Crippen LogP contribution in [-0.2, 0) is 6.42 Å². The molecule has 1 heterocycles. The molecule has 0 amide bonds. The van der Waals surface area contributed by atoms with Crippen LogP contribution in [0.5, 0.6) is 0 Å². The molecular weight excluding hydrogens is 204 g/mol. The van der Waals surface area contributed by atoms with E-state index in [2.05, 4.69) is 30.7 Å². The first-order chi connectivity index (χ1) is 7.09. The van der Waals surface area contributed by atoms with Crippen LogP contribution < -0.4 is 5.32 Å². The number of thiazole rings is 1. The first-order valence-corrected chi connectivity index (χ1v) is 6.17. The van der Waals surface area contributed by atoms with E-state index in [4.69, 9.17) is 0 Å². The maximum Gasteiger partial charge on any atom is 0.0896 e. The molecule has 1 N–H and O–H groups in total. The Kier molecular flexibility index (Phi) is 4.48. The average Bonchev–Trinajstić information content (AvgIpc) is 2.61. The third-order valence-electron chi connectivity index (χ3n) is 2.52. The van der Waals surface area contributed by atoms with E-state index in [1.54, 1.807) is 11.3 Å². The number of hydrogen-bond donors (Lipinski definition) is 1. The lowest BCUT2D eigenvalue weighted by atomic mass is 9.86. The lowest BCUT2D eigenvalue weighted by Crippen LogP contribution is -2.31. The molecule has 0 aliphatic heterocycles. The van der Waals surface area contributed by atoms with E-state index in [-0.39, 0.29) is 5.41 Å². The maximum absolute atomic E-state index is 4.28. The predicted octanol–water partition coefficient (Wildman–Crippen LogP) is 2.80. The molecule has 0 aliphatic rings. The second kappa shape index (κ2) is 5.42. The zero-order valence-corrected chi connectivity index (χ0v) is 10.7. The standard InChI is InChI=1S/C12H20N2S/c1-5-12(4,9-13-6-2)7-11-8-14-10(3)15-11/h5,8,13H,1,6-7,9H2,2-4H3. The van der Waals surface area contributed by atoms with Gasteiger partial charge in [-0.2, -0.15) is 0 Å². The van der Waals surface area contributed by atoms with Gasteiger partial charge < -0.3 is 5.32 Å². The summed E-state index contributed by atoms with van der Waals surface area (Å²) >= 11 is 1.78. The van der Waals surface area contributed by atoms with Gasteiger partial charge in [0.05, 0.1) is 5.01 Å². The molecule has 2 nitrogen and oxygen atoms in total. The normalized spacial score (nSPS) is 14.9. The van der Waals surface area contributed by atoms with Crippen molar-refractivity contribution in [3.63, 3.8) is 0 Å². The Balaban J connectivity index is 2.63. The number of aryl methyl sites for hydroxylation is 1. The van der Waals surface area contributed by atoms with Gasteiger partial charge in [-0.15, -0.1) is 17.9 Å². The summed E-state index contributed by atoms with van der Waals surface area (Å²) in [7, 11) is 0. The largest absolute Gasteiger partial charge is 0.316 e. The third kappa shape index (κ3) is 3.76. The molecule has 0 spiro atoms. The lowest BCUT2D eigenvalue weighted by Gasteiger charge is -2.25. The Labute approximate surface area is 96.4 Å². The van der Waals surface area contributed by atoms with Crippen molar-refractivity contribution in [3.05, 3.63) is 28.7 Å². The van der Waals surface area contributed by atoms with Crippen molar-refractivity contribution >= 4 is 11.3 Å².